The number of hydrogen-bond acceptors (Lipinski definition) is 6. The Labute approximate surface area is 124 Å². The zero-order chi connectivity index (χ0) is 15.8. The Morgan fingerprint density at radius 3 is 2.48 bits per heavy atom. The lowest BCUT2D eigenvalue weighted by Gasteiger charge is -2.36. The average Bonchev–Trinajstić information content (AvgIpc) is 2.94. The number of hydrogen-bond donors (Lipinski definition) is 0. The van der Waals surface area contributed by atoms with Crippen LogP contribution >= 0.6 is 0 Å². The van der Waals surface area contributed by atoms with Gasteiger partial charge in [0, 0.05) is 20.8 Å². The van der Waals surface area contributed by atoms with E-state index in [1.165, 1.54) is 19.1 Å². The summed E-state index contributed by atoms with van der Waals surface area (Å²) in [5, 5.41) is 9.27. The maximum Gasteiger partial charge on any atom is 0.410 e. The third-order valence-electron chi connectivity index (χ3n) is 3.85. The number of ether oxygens (including phenoxy) is 4. The highest BCUT2D eigenvalue weighted by Crippen LogP contribution is 2.41. The van der Waals surface area contributed by atoms with Crippen molar-refractivity contribution in [1.29, 1.82) is 5.26 Å². The first-order valence-corrected chi connectivity index (χ1v) is 6.89. The first-order valence-electron chi connectivity index (χ1n) is 6.89. The molecule has 0 aromatic heterocycles. The number of methoxy groups -OCH3 is 2. The number of amides is 1. The lowest BCUT2D eigenvalue weighted by molar-refractivity contribution is -0.224. The fourth-order valence-electron chi connectivity index (χ4n) is 2.89. The zero-order valence-corrected chi connectivity index (χ0v) is 13.1. The van der Waals surface area contributed by atoms with E-state index in [0.717, 1.165) is 0 Å². The van der Waals surface area contributed by atoms with Gasteiger partial charge in [-0.2, -0.15) is 5.26 Å². The second kappa shape index (κ2) is 5.44. The second-order valence-corrected chi connectivity index (χ2v) is 6.31. The summed E-state index contributed by atoms with van der Waals surface area (Å²) in [5.74, 6) is -1.48. The molecule has 0 aromatic carbocycles. The highest BCUT2D eigenvalue weighted by Gasteiger charge is 2.62. The number of rotatable bonds is 2. The van der Waals surface area contributed by atoms with Crippen LogP contribution in [0.5, 0.6) is 0 Å². The maximum absolute atomic E-state index is 12.4. The zero-order valence-electron chi connectivity index (χ0n) is 13.1. The molecule has 7 heteroatoms. The molecule has 2 saturated heterocycles. The summed E-state index contributed by atoms with van der Waals surface area (Å²) >= 11 is 0. The summed E-state index contributed by atoms with van der Waals surface area (Å²) in [7, 11) is 3.00. The van der Waals surface area contributed by atoms with E-state index in [1.54, 1.807) is 20.8 Å². The molecule has 0 aromatic rings. The van der Waals surface area contributed by atoms with E-state index in [0.29, 0.717) is 0 Å². The van der Waals surface area contributed by atoms with Crippen molar-refractivity contribution in [3.8, 4) is 6.07 Å². The quantitative estimate of drug-likeness (QED) is 0.711. The van der Waals surface area contributed by atoms with E-state index in [-0.39, 0.29) is 13.2 Å². The van der Waals surface area contributed by atoms with Gasteiger partial charge in [0.05, 0.1) is 12.0 Å². The lowest BCUT2D eigenvalue weighted by atomic mass is 10.00. The molecule has 0 radical (unpaired) electrons. The van der Waals surface area contributed by atoms with Crippen molar-refractivity contribution in [3.05, 3.63) is 0 Å². The Kier molecular flexibility index (Phi) is 4.15. The van der Waals surface area contributed by atoms with Crippen molar-refractivity contribution in [2.24, 2.45) is 5.92 Å². The van der Waals surface area contributed by atoms with Crippen LogP contribution in [0.25, 0.3) is 0 Å². The van der Waals surface area contributed by atoms with Crippen LogP contribution in [0, 0.1) is 17.2 Å². The minimum atomic E-state index is -1.06. The predicted molar refractivity (Wildman–Crippen MR) is 72.3 cm³/mol. The lowest BCUT2D eigenvalue weighted by Crippen LogP contribution is -2.55. The van der Waals surface area contributed by atoms with E-state index in [9.17, 15) is 10.1 Å². The maximum atomic E-state index is 12.4. The molecule has 0 N–H and O–H groups in total. The van der Waals surface area contributed by atoms with Crippen LogP contribution in [-0.4, -0.2) is 61.9 Å². The predicted octanol–water partition coefficient (Wildman–Crippen LogP) is 1.13. The molecule has 2 fully saturated rings. The number of fused-ring (bicyclic) bond motifs is 1. The number of carbonyl (C=O) groups is 1. The molecule has 0 aliphatic carbocycles. The van der Waals surface area contributed by atoms with Gasteiger partial charge in [0.25, 0.3) is 0 Å². The van der Waals surface area contributed by atoms with Gasteiger partial charge in [0.2, 0.25) is 5.79 Å². The Bertz CT molecular complexity index is 449. The van der Waals surface area contributed by atoms with Crippen LogP contribution in [0.3, 0.4) is 0 Å². The Morgan fingerprint density at radius 1 is 1.38 bits per heavy atom. The molecule has 0 saturated carbocycles. The van der Waals surface area contributed by atoms with E-state index in [2.05, 4.69) is 6.07 Å². The molecule has 3 unspecified atom stereocenters. The largest absolute Gasteiger partial charge is 0.444 e. The molecule has 7 nitrogen and oxygen atoms in total. The van der Waals surface area contributed by atoms with Gasteiger partial charge in [-0.25, -0.2) is 4.79 Å². The summed E-state index contributed by atoms with van der Waals surface area (Å²) in [6, 6.07) is 1.69. The van der Waals surface area contributed by atoms with E-state index >= 15 is 0 Å². The normalized spacial score (nSPS) is 30.9. The summed E-state index contributed by atoms with van der Waals surface area (Å²) in [6.07, 6.45) is -0.915. The third kappa shape index (κ3) is 2.71. The topological polar surface area (TPSA) is 81.0 Å². The van der Waals surface area contributed by atoms with Crippen LogP contribution in [0.4, 0.5) is 4.79 Å². The summed E-state index contributed by atoms with van der Waals surface area (Å²) in [6.45, 7) is 5.81. The van der Waals surface area contributed by atoms with Gasteiger partial charge in [-0.3, -0.25) is 4.90 Å². The van der Waals surface area contributed by atoms with Crippen molar-refractivity contribution in [1.82, 2.24) is 4.90 Å². The summed E-state index contributed by atoms with van der Waals surface area (Å²) in [4.78, 5) is 13.9. The van der Waals surface area contributed by atoms with Gasteiger partial charge >= 0.3 is 6.09 Å². The number of likely N-dealkylation sites (tertiary alicyclic amines) is 1. The van der Waals surface area contributed by atoms with E-state index in [1.807, 2.05) is 0 Å². The van der Waals surface area contributed by atoms with Crippen LogP contribution < -0.4 is 0 Å². The molecule has 21 heavy (non-hydrogen) atoms. The van der Waals surface area contributed by atoms with Crippen molar-refractivity contribution >= 4 is 6.09 Å². The van der Waals surface area contributed by atoms with Crippen LogP contribution in [0.1, 0.15) is 20.8 Å². The molecule has 0 bridgehead atoms. The molecular weight excluding hydrogens is 276 g/mol. The van der Waals surface area contributed by atoms with Gasteiger partial charge in [-0.05, 0) is 20.8 Å². The van der Waals surface area contributed by atoms with E-state index < -0.39 is 35.5 Å². The van der Waals surface area contributed by atoms with Gasteiger partial charge in [-0.1, -0.05) is 0 Å². The highest BCUT2D eigenvalue weighted by atomic mass is 16.7. The van der Waals surface area contributed by atoms with Crippen LogP contribution in [0.2, 0.25) is 0 Å². The van der Waals surface area contributed by atoms with Gasteiger partial charge in [0.15, 0.2) is 0 Å². The first-order chi connectivity index (χ1) is 9.78. The number of carbonyl (C=O) groups excluding carboxylic acids is 1. The second-order valence-electron chi connectivity index (χ2n) is 6.31. The highest BCUT2D eigenvalue weighted by molar-refractivity contribution is 5.69. The molecule has 2 aliphatic rings. The average molecular weight is 298 g/mol. The Hall–Kier alpha value is -1.36. The molecular formula is C14H22N2O5. The molecule has 3 atom stereocenters. The van der Waals surface area contributed by atoms with E-state index in [4.69, 9.17) is 18.9 Å². The fourth-order valence-corrected chi connectivity index (χ4v) is 2.89. The first kappa shape index (κ1) is 16.0. The van der Waals surface area contributed by atoms with Crippen molar-refractivity contribution in [3.63, 3.8) is 0 Å². The van der Waals surface area contributed by atoms with Crippen LogP contribution in [-0.2, 0) is 18.9 Å². The molecule has 2 rings (SSSR count). The monoisotopic (exact) mass is 298 g/mol. The van der Waals surface area contributed by atoms with Crippen molar-refractivity contribution in [2.45, 2.75) is 44.3 Å². The van der Waals surface area contributed by atoms with Crippen molar-refractivity contribution < 1.29 is 23.7 Å². The molecule has 0 spiro atoms. The molecule has 1 amide bonds. The summed E-state index contributed by atoms with van der Waals surface area (Å²) < 4.78 is 22.0. The Balaban J connectivity index is 2.29. The van der Waals surface area contributed by atoms with Gasteiger partial charge in [0.1, 0.15) is 24.4 Å². The minimum Gasteiger partial charge on any atom is -0.444 e. The van der Waals surface area contributed by atoms with Gasteiger partial charge < -0.3 is 18.9 Å². The Morgan fingerprint density at radius 2 is 2.00 bits per heavy atom. The molecule has 2 aliphatic heterocycles. The molecule has 118 valence electrons. The van der Waals surface area contributed by atoms with Gasteiger partial charge in [-0.15, -0.1) is 0 Å². The van der Waals surface area contributed by atoms with Crippen LogP contribution in [0.15, 0.2) is 0 Å². The SMILES string of the molecule is COC1(OC)COC2C(C#N)CN(C(=O)OC(C)(C)C)C21. The third-order valence-corrected chi connectivity index (χ3v) is 3.85. The number of nitrogens with zero attached hydrogens (tertiary/aromatic N) is 2. The summed E-state index contributed by atoms with van der Waals surface area (Å²) in [5.41, 5.74) is -0.612. The fraction of sp³-hybridized carbons (Fsp3) is 0.857. The molecule has 2 heterocycles. The number of nitriles is 1. The standard InChI is InChI=1S/C14H22N2O5/c1-13(2,3)21-12(17)16-7-9(6-15)10-11(16)14(18-4,19-5)8-20-10/h9-11H,7-8H2,1-5H3. The minimum absolute atomic E-state index is 0.173. The van der Waals surface area contributed by atoms with Crippen molar-refractivity contribution in [2.75, 3.05) is 27.4 Å². The smallest absolute Gasteiger partial charge is 0.410 e.